The predicted molar refractivity (Wildman–Crippen MR) is 146 cm³/mol. The number of hydrogen-bond acceptors (Lipinski definition) is 3. The van der Waals surface area contributed by atoms with Gasteiger partial charge >= 0.3 is 0 Å². The molecule has 0 heterocycles. The van der Waals surface area contributed by atoms with Crippen LogP contribution in [-0.2, 0) is 22.7 Å². The number of rotatable bonds is 10. The number of nitrogens with one attached hydrogen (secondary N) is 1. The number of carbonyl (C=O) groups is 2. The van der Waals surface area contributed by atoms with E-state index in [9.17, 15) is 9.59 Å². The molecule has 1 N–H and O–H groups in total. The first-order valence-electron chi connectivity index (χ1n) is 11.8. The average molecular weight is 533 g/mol. The zero-order chi connectivity index (χ0) is 26.0. The van der Waals surface area contributed by atoms with Crippen molar-refractivity contribution in [2.24, 2.45) is 0 Å². The van der Waals surface area contributed by atoms with Crippen molar-refractivity contribution in [3.8, 4) is 5.75 Å². The van der Waals surface area contributed by atoms with E-state index in [1.807, 2.05) is 72.8 Å². The van der Waals surface area contributed by atoms with E-state index in [-0.39, 0.29) is 25.0 Å². The first-order chi connectivity index (χ1) is 18.0. The summed E-state index contributed by atoms with van der Waals surface area (Å²) < 4.78 is 5.76. The lowest BCUT2D eigenvalue weighted by Crippen LogP contribution is -2.45. The third kappa shape index (κ3) is 7.35. The van der Waals surface area contributed by atoms with Gasteiger partial charge in [0.15, 0.2) is 6.61 Å². The summed E-state index contributed by atoms with van der Waals surface area (Å²) in [5, 5.41) is 4.01. The molecule has 0 spiro atoms. The molecule has 0 aliphatic carbocycles. The Labute approximate surface area is 226 Å². The highest BCUT2D eigenvalue weighted by Gasteiger charge is 2.31. The fraction of sp³-hybridized carbons (Fsp3) is 0.133. The molecule has 0 aromatic heterocycles. The standard InChI is InChI=1S/C30H26Cl2N2O3/c31-25-17-15-22(16-18-25)19-33-30(36)29(24-11-5-2-6-12-24)34(20-23-9-3-1-4-10-23)28(35)21-37-27-14-8-7-13-26(27)32/h1-18,29H,19-21H2,(H,33,36)/t29-/m0/s1. The highest BCUT2D eigenvalue weighted by molar-refractivity contribution is 6.32. The van der Waals surface area contributed by atoms with Gasteiger partial charge in [0.25, 0.3) is 5.91 Å². The van der Waals surface area contributed by atoms with Crippen LogP contribution in [0.4, 0.5) is 0 Å². The minimum atomic E-state index is -0.879. The maximum absolute atomic E-state index is 13.7. The van der Waals surface area contributed by atoms with Crippen LogP contribution >= 0.6 is 23.2 Å². The van der Waals surface area contributed by atoms with Crippen molar-refractivity contribution in [1.29, 1.82) is 0 Å². The third-order valence-corrected chi connectivity index (χ3v) is 6.32. The van der Waals surface area contributed by atoms with Crippen LogP contribution < -0.4 is 10.1 Å². The number of para-hydroxylation sites is 1. The van der Waals surface area contributed by atoms with Gasteiger partial charge in [0.05, 0.1) is 5.02 Å². The molecule has 2 amide bonds. The molecule has 4 aromatic rings. The van der Waals surface area contributed by atoms with Gasteiger partial charge in [-0.1, -0.05) is 108 Å². The van der Waals surface area contributed by atoms with Crippen molar-refractivity contribution < 1.29 is 14.3 Å². The monoisotopic (exact) mass is 532 g/mol. The zero-order valence-corrected chi connectivity index (χ0v) is 21.5. The molecule has 5 nitrogen and oxygen atoms in total. The van der Waals surface area contributed by atoms with Gasteiger partial charge in [-0.05, 0) is 41.0 Å². The van der Waals surface area contributed by atoms with E-state index in [2.05, 4.69) is 5.32 Å². The summed E-state index contributed by atoms with van der Waals surface area (Å²) in [7, 11) is 0. The first kappa shape index (κ1) is 26.3. The van der Waals surface area contributed by atoms with E-state index in [0.29, 0.717) is 27.9 Å². The number of carbonyl (C=O) groups excluding carboxylic acids is 2. The fourth-order valence-electron chi connectivity index (χ4n) is 3.88. The molecule has 0 saturated heterocycles. The van der Waals surface area contributed by atoms with Crippen LogP contribution in [0.5, 0.6) is 5.75 Å². The van der Waals surface area contributed by atoms with Crippen molar-refractivity contribution in [1.82, 2.24) is 10.2 Å². The first-order valence-corrected chi connectivity index (χ1v) is 12.5. The molecule has 0 unspecified atom stereocenters. The van der Waals surface area contributed by atoms with Gasteiger partial charge in [-0.3, -0.25) is 9.59 Å². The lowest BCUT2D eigenvalue weighted by Gasteiger charge is -2.31. The van der Waals surface area contributed by atoms with Gasteiger partial charge in [0.1, 0.15) is 11.8 Å². The Balaban J connectivity index is 1.62. The Morgan fingerprint density at radius 2 is 1.38 bits per heavy atom. The van der Waals surface area contributed by atoms with Crippen molar-refractivity contribution in [2.75, 3.05) is 6.61 Å². The summed E-state index contributed by atoms with van der Waals surface area (Å²) in [4.78, 5) is 28.8. The summed E-state index contributed by atoms with van der Waals surface area (Å²) in [6.45, 7) is 0.243. The van der Waals surface area contributed by atoms with Gasteiger partial charge in [-0.2, -0.15) is 0 Å². The van der Waals surface area contributed by atoms with Crippen molar-refractivity contribution in [3.05, 3.63) is 136 Å². The molecule has 188 valence electrons. The number of amides is 2. The molecule has 0 saturated carbocycles. The smallest absolute Gasteiger partial charge is 0.261 e. The lowest BCUT2D eigenvalue weighted by atomic mass is 10.0. The van der Waals surface area contributed by atoms with Crippen LogP contribution in [0.2, 0.25) is 10.0 Å². The normalized spacial score (nSPS) is 11.4. The topological polar surface area (TPSA) is 58.6 Å². The van der Waals surface area contributed by atoms with Gasteiger partial charge in [0.2, 0.25) is 5.91 Å². The molecule has 0 bridgehead atoms. The largest absolute Gasteiger partial charge is 0.482 e. The number of nitrogens with zero attached hydrogens (tertiary/aromatic N) is 1. The maximum atomic E-state index is 13.7. The van der Waals surface area contributed by atoms with E-state index in [4.69, 9.17) is 27.9 Å². The van der Waals surface area contributed by atoms with Crippen LogP contribution in [-0.4, -0.2) is 23.3 Å². The van der Waals surface area contributed by atoms with Gasteiger partial charge in [-0.25, -0.2) is 0 Å². The molecule has 0 fully saturated rings. The second kappa shape index (κ2) is 12.9. The summed E-state index contributed by atoms with van der Waals surface area (Å²) in [5.41, 5.74) is 2.48. The summed E-state index contributed by atoms with van der Waals surface area (Å²) in [6, 6.07) is 32.1. The Hall–Kier alpha value is -3.80. The third-order valence-electron chi connectivity index (χ3n) is 5.76. The minimum absolute atomic E-state index is 0.222. The Morgan fingerprint density at radius 1 is 0.757 bits per heavy atom. The SMILES string of the molecule is O=C(NCc1ccc(Cl)cc1)[C@H](c1ccccc1)N(Cc1ccccc1)C(=O)COc1ccccc1Cl. The van der Waals surface area contributed by atoms with E-state index in [0.717, 1.165) is 11.1 Å². The maximum Gasteiger partial charge on any atom is 0.261 e. The molecule has 37 heavy (non-hydrogen) atoms. The van der Waals surface area contributed by atoms with Crippen LogP contribution in [0.25, 0.3) is 0 Å². The molecular formula is C30H26Cl2N2O3. The second-order valence-corrected chi connectivity index (χ2v) is 9.23. The number of halogens is 2. The van der Waals surface area contributed by atoms with Gasteiger partial charge in [-0.15, -0.1) is 0 Å². The van der Waals surface area contributed by atoms with Gasteiger partial charge < -0.3 is 15.0 Å². The fourth-order valence-corrected chi connectivity index (χ4v) is 4.20. The number of ether oxygens (including phenoxy) is 1. The molecule has 0 aliphatic heterocycles. The molecule has 7 heteroatoms. The molecule has 0 radical (unpaired) electrons. The molecule has 4 aromatic carbocycles. The number of hydrogen-bond donors (Lipinski definition) is 1. The van der Waals surface area contributed by atoms with Crippen LogP contribution in [0.1, 0.15) is 22.7 Å². The van der Waals surface area contributed by atoms with E-state index in [1.165, 1.54) is 0 Å². The van der Waals surface area contributed by atoms with Crippen molar-refractivity contribution in [2.45, 2.75) is 19.1 Å². The minimum Gasteiger partial charge on any atom is -0.482 e. The van der Waals surface area contributed by atoms with Gasteiger partial charge in [0, 0.05) is 18.1 Å². The van der Waals surface area contributed by atoms with E-state index >= 15 is 0 Å². The lowest BCUT2D eigenvalue weighted by molar-refractivity contribution is -0.143. The number of benzene rings is 4. The van der Waals surface area contributed by atoms with Crippen LogP contribution in [0.15, 0.2) is 109 Å². The van der Waals surface area contributed by atoms with Crippen molar-refractivity contribution in [3.63, 3.8) is 0 Å². The Kier molecular flexibility index (Phi) is 9.19. The summed E-state index contributed by atoms with van der Waals surface area (Å²) >= 11 is 12.2. The summed E-state index contributed by atoms with van der Waals surface area (Å²) in [5.74, 6) is -0.247. The molecule has 0 aliphatic rings. The van der Waals surface area contributed by atoms with Crippen LogP contribution in [0, 0.1) is 0 Å². The predicted octanol–water partition coefficient (Wildman–Crippen LogP) is 6.46. The zero-order valence-electron chi connectivity index (χ0n) is 20.0. The molecule has 4 rings (SSSR count). The molecule has 1 atom stereocenters. The van der Waals surface area contributed by atoms with Crippen LogP contribution in [0.3, 0.4) is 0 Å². The van der Waals surface area contributed by atoms with Crippen molar-refractivity contribution >= 4 is 35.0 Å². The Bertz CT molecular complexity index is 1320. The quantitative estimate of drug-likeness (QED) is 0.255. The van der Waals surface area contributed by atoms with E-state index in [1.54, 1.807) is 41.3 Å². The van der Waals surface area contributed by atoms with E-state index < -0.39 is 6.04 Å². The highest BCUT2D eigenvalue weighted by Crippen LogP contribution is 2.26. The highest BCUT2D eigenvalue weighted by atomic mass is 35.5. The summed E-state index contributed by atoms with van der Waals surface area (Å²) in [6.07, 6.45) is 0. The average Bonchev–Trinajstić information content (AvgIpc) is 2.93. The molecular weight excluding hydrogens is 507 g/mol. The Morgan fingerprint density at radius 3 is 2.05 bits per heavy atom. The second-order valence-electron chi connectivity index (χ2n) is 8.38.